The van der Waals surface area contributed by atoms with Gasteiger partial charge in [-0.15, -0.1) is 0 Å². The molecule has 7 heteroatoms. The van der Waals surface area contributed by atoms with Gasteiger partial charge in [-0.25, -0.2) is 4.39 Å². The monoisotopic (exact) mass is 369 g/mol. The number of anilines is 1. The fourth-order valence-corrected chi connectivity index (χ4v) is 2.86. The van der Waals surface area contributed by atoms with Gasteiger partial charge in [0, 0.05) is 12.6 Å². The molecule has 0 aliphatic rings. The van der Waals surface area contributed by atoms with E-state index in [-0.39, 0.29) is 10.6 Å². The highest BCUT2D eigenvalue weighted by atomic mass is 79.9. The van der Waals surface area contributed by atoms with Crippen molar-refractivity contribution in [2.24, 2.45) is 7.05 Å². The summed E-state index contributed by atoms with van der Waals surface area (Å²) < 4.78 is 21.4. The van der Waals surface area contributed by atoms with Crippen molar-refractivity contribution in [1.82, 2.24) is 9.78 Å². The Hall–Kier alpha value is -1.79. The van der Waals surface area contributed by atoms with Crippen LogP contribution in [0.15, 0.2) is 39.6 Å². The molecular formula is C14H10BrClFN3O. The minimum Gasteiger partial charge on any atom is -0.457 e. The zero-order chi connectivity index (χ0) is 15.1. The fourth-order valence-electron chi connectivity index (χ4n) is 2.17. The number of aromatic nitrogens is 2. The van der Waals surface area contributed by atoms with Gasteiger partial charge in [-0.2, -0.15) is 5.10 Å². The summed E-state index contributed by atoms with van der Waals surface area (Å²) in [4.78, 5) is 0. The molecule has 3 rings (SSSR count). The molecule has 1 aromatic carbocycles. The molecule has 4 nitrogen and oxygen atoms in total. The average molecular weight is 371 g/mol. The van der Waals surface area contributed by atoms with Gasteiger partial charge >= 0.3 is 0 Å². The number of aryl methyl sites for hydroxylation is 1. The maximum atomic E-state index is 14.2. The van der Waals surface area contributed by atoms with E-state index in [1.807, 2.05) is 0 Å². The number of rotatable bonds is 2. The molecule has 2 N–H and O–H groups in total. The summed E-state index contributed by atoms with van der Waals surface area (Å²) in [6.07, 6.45) is 1.51. The first-order chi connectivity index (χ1) is 10.0. The molecule has 0 amide bonds. The van der Waals surface area contributed by atoms with Crippen LogP contribution in [0.25, 0.3) is 22.4 Å². The lowest BCUT2D eigenvalue weighted by Crippen LogP contribution is -1.98. The van der Waals surface area contributed by atoms with Crippen LogP contribution in [0.4, 0.5) is 10.2 Å². The van der Waals surface area contributed by atoms with E-state index in [4.69, 9.17) is 21.8 Å². The Kier molecular flexibility index (Phi) is 3.51. The number of hydrogen-bond donors (Lipinski definition) is 1. The second-order valence-electron chi connectivity index (χ2n) is 4.44. The van der Waals surface area contributed by atoms with Crippen LogP contribution >= 0.6 is 27.5 Å². The van der Waals surface area contributed by atoms with Crippen molar-refractivity contribution in [2.45, 2.75) is 0 Å². The van der Waals surface area contributed by atoms with Gasteiger partial charge in [-0.1, -0.05) is 17.7 Å². The van der Waals surface area contributed by atoms with Crippen LogP contribution in [0.3, 0.4) is 0 Å². The number of nitrogens with zero attached hydrogens (tertiary/aromatic N) is 2. The molecule has 0 unspecified atom stereocenters. The molecule has 3 aromatic rings. The van der Waals surface area contributed by atoms with Gasteiger partial charge in [-0.05, 0) is 34.1 Å². The summed E-state index contributed by atoms with van der Waals surface area (Å²) in [6, 6.07) is 6.22. The number of nitrogens with two attached hydrogens (primary N) is 1. The van der Waals surface area contributed by atoms with E-state index in [1.54, 1.807) is 25.2 Å². The van der Waals surface area contributed by atoms with E-state index in [0.717, 1.165) is 0 Å². The first-order valence-corrected chi connectivity index (χ1v) is 7.18. The molecule has 0 aliphatic carbocycles. The Morgan fingerprint density at radius 3 is 2.71 bits per heavy atom. The SMILES string of the molecule is Cn1nc(-c2ccoc2Br)c(-c2c(F)cccc2Cl)c1N. The molecule has 0 bridgehead atoms. The summed E-state index contributed by atoms with van der Waals surface area (Å²) in [7, 11) is 1.69. The minimum atomic E-state index is -0.455. The summed E-state index contributed by atoms with van der Waals surface area (Å²) in [5, 5.41) is 4.62. The van der Waals surface area contributed by atoms with Crippen molar-refractivity contribution in [1.29, 1.82) is 0 Å². The van der Waals surface area contributed by atoms with Crippen LogP contribution < -0.4 is 5.73 Å². The van der Waals surface area contributed by atoms with Crippen molar-refractivity contribution in [3.05, 3.63) is 46.0 Å². The van der Waals surface area contributed by atoms with Crippen LogP contribution in [-0.4, -0.2) is 9.78 Å². The second kappa shape index (κ2) is 5.20. The normalized spacial score (nSPS) is 11.0. The largest absolute Gasteiger partial charge is 0.457 e. The summed E-state index contributed by atoms with van der Waals surface area (Å²) in [5.41, 5.74) is 7.91. The lowest BCUT2D eigenvalue weighted by molar-refractivity contribution is 0.542. The first-order valence-electron chi connectivity index (χ1n) is 6.01. The fraction of sp³-hybridized carbons (Fsp3) is 0.0714. The van der Waals surface area contributed by atoms with E-state index >= 15 is 0 Å². The highest BCUT2D eigenvalue weighted by Crippen LogP contribution is 2.42. The quantitative estimate of drug-likeness (QED) is 0.723. The van der Waals surface area contributed by atoms with Gasteiger partial charge in [0.15, 0.2) is 4.67 Å². The van der Waals surface area contributed by atoms with Crippen molar-refractivity contribution in [3.8, 4) is 22.4 Å². The van der Waals surface area contributed by atoms with Gasteiger partial charge in [0.2, 0.25) is 0 Å². The zero-order valence-corrected chi connectivity index (χ0v) is 13.2. The molecule has 0 aliphatic heterocycles. The van der Waals surface area contributed by atoms with Gasteiger partial charge in [0.1, 0.15) is 17.3 Å². The predicted octanol–water partition coefficient (Wildman–Crippen LogP) is 4.48. The molecule has 108 valence electrons. The molecule has 0 saturated carbocycles. The number of hydrogen-bond acceptors (Lipinski definition) is 3. The summed E-state index contributed by atoms with van der Waals surface area (Å²) >= 11 is 9.45. The van der Waals surface area contributed by atoms with Gasteiger partial charge < -0.3 is 10.2 Å². The maximum Gasteiger partial charge on any atom is 0.178 e. The molecule has 0 saturated heterocycles. The standard InChI is InChI=1S/C14H10BrClFN3O/c1-20-14(18)11(10-8(16)3-2-4-9(10)17)12(19-20)7-5-6-21-13(7)15/h2-6H,18H2,1H3. The van der Waals surface area contributed by atoms with E-state index in [9.17, 15) is 4.39 Å². The Morgan fingerprint density at radius 1 is 1.33 bits per heavy atom. The Bertz CT molecular complexity index is 807. The minimum absolute atomic E-state index is 0.230. The molecule has 0 atom stereocenters. The summed E-state index contributed by atoms with van der Waals surface area (Å²) in [5.74, 6) is -0.131. The van der Waals surface area contributed by atoms with Crippen LogP contribution in [0.1, 0.15) is 0 Å². The van der Waals surface area contributed by atoms with Crippen LogP contribution in [0, 0.1) is 5.82 Å². The smallest absolute Gasteiger partial charge is 0.178 e. The highest BCUT2D eigenvalue weighted by Gasteiger charge is 2.24. The molecule has 2 heterocycles. The molecular weight excluding hydrogens is 361 g/mol. The number of halogens is 3. The van der Waals surface area contributed by atoms with E-state index in [1.165, 1.54) is 17.0 Å². The third kappa shape index (κ3) is 2.24. The van der Waals surface area contributed by atoms with Gasteiger partial charge in [-0.3, -0.25) is 4.68 Å². The van der Waals surface area contributed by atoms with E-state index < -0.39 is 5.82 Å². The Labute approximate surface area is 133 Å². The number of nitrogen functional groups attached to an aromatic ring is 1. The molecule has 0 spiro atoms. The first kappa shape index (κ1) is 14.2. The van der Waals surface area contributed by atoms with Crippen molar-refractivity contribution in [3.63, 3.8) is 0 Å². The molecule has 21 heavy (non-hydrogen) atoms. The third-order valence-corrected chi connectivity index (χ3v) is 4.11. The van der Waals surface area contributed by atoms with Gasteiger partial charge in [0.25, 0.3) is 0 Å². The lowest BCUT2D eigenvalue weighted by Gasteiger charge is -2.07. The summed E-state index contributed by atoms with van der Waals surface area (Å²) in [6.45, 7) is 0. The highest BCUT2D eigenvalue weighted by molar-refractivity contribution is 9.10. The van der Waals surface area contributed by atoms with Gasteiger partial charge in [0.05, 0.1) is 22.4 Å². The number of benzene rings is 1. The maximum absolute atomic E-state index is 14.2. The Morgan fingerprint density at radius 2 is 2.10 bits per heavy atom. The number of furan rings is 1. The topological polar surface area (TPSA) is 57.0 Å². The van der Waals surface area contributed by atoms with E-state index in [2.05, 4.69) is 21.0 Å². The van der Waals surface area contributed by atoms with Crippen molar-refractivity contribution < 1.29 is 8.81 Å². The third-order valence-electron chi connectivity index (χ3n) is 3.18. The van der Waals surface area contributed by atoms with Crippen LogP contribution in [0.2, 0.25) is 5.02 Å². The second-order valence-corrected chi connectivity index (χ2v) is 5.56. The van der Waals surface area contributed by atoms with E-state index in [0.29, 0.717) is 27.3 Å². The predicted molar refractivity (Wildman–Crippen MR) is 83.4 cm³/mol. The average Bonchev–Trinajstić information content (AvgIpc) is 2.96. The lowest BCUT2D eigenvalue weighted by atomic mass is 10.0. The molecule has 2 aromatic heterocycles. The molecule has 0 radical (unpaired) electrons. The van der Waals surface area contributed by atoms with Crippen molar-refractivity contribution in [2.75, 3.05) is 5.73 Å². The van der Waals surface area contributed by atoms with Crippen molar-refractivity contribution >= 4 is 33.3 Å². The van der Waals surface area contributed by atoms with Crippen LogP contribution in [-0.2, 0) is 7.05 Å². The Balaban J connectivity index is 2.36. The molecule has 0 fully saturated rings. The zero-order valence-electron chi connectivity index (χ0n) is 10.9. The van der Waals surface area contributed by atoms with Crippen LogP contribution in [0.5, 0.6) is 0 Å².